The van der Waals surface area contributed by atoms with Gasteiger partial charge in [0.2, 0.25) is 0 Å². The van der Waals surface area contributed by atoms with Crippen LogP contribution in [-0.4, -0.2) is 50.3 Å². The fourth-order valence-electron chi connectivity index (χ4n) is 4.08. The minimum Gasteiger partial charge on any atom is -0.491 e. The summed E-state index contributed by atoms with van der Waals surface area (Å²) in [4.78, 5) is 11.1. The number of aryl methyl sites for hydroxylation is 1. The smallest absolute Gasteiger partial charge is 0.256 e. The first-order chi connectivity index (χ1) is 14.8. The molecule has 3 aromatic heterocycles. The maximum absolute atomic E-state index is 11.1. The number of hydrogen-bond acceptors (Lipinski definition) is 8. The van der Waals surface area contributed by atoms with Crippen LogP contribution in [0, 0.1) is 6.92 Å². The van der Waals surface area contributed by atoms with Gasteiger partial charge in [0.15, 0.2) is 12.0 Å². The Morgan fingerprint density at radius 3 is 2.65 bits per heavy atom. The van der Waals surface area contributed by atoms with E-state index >= 15 is 0 Å². The van der Waals surface area contributed by atoms with Crippen molar-refractivity contribution in [1.82, 2.24) is 19.7 Å². The van der Waals surface area contributed by atoms with Gasteiger partial charge < -0.3 is 24.6 Å². The molecule has 0 saturated heterocycles. The summed E-state index contributed by atoms with van der Waals surface area (Å²) in [6.07, 6.45) is 3.88. The monoisotopic (exact) mass is 425 g/mol. The number of ether oxygens (including phenoxy) is 2. The average molecular weight is 425 g/mol. The zero-order chi connectivity index (χ0) is 22.3. The van der Waals surface area contributed by atoms with Crippen molar-refractivity contribution in [2.75, 3.05) is 19.1 Å². The SMILES string of the molecule is COc1cc(-c2cc(C)c3c(n2)[C@@H](C)N(c2cnn(C[C@@H](C)O)c2)C3O)cnc1OC. The Bertz CT molecular complexity index is 1100. The van der Waals surface area contributed by atoms with E-state index in [2.05, 4.69) is 10.1 Å². The maximum Gasteiger partial charge on any atom is 0.256 e. The zero-order valence-electron chi connectivity index (χ0n) is 18.3. The second-order valence-corrected chi connectivity index (χ2v) is 7.79. The van der Waals surface area contributed by atoms with Crippen LogP contribution in [0.15, 0.2) is 30.7 Å². The van der Waals surface area contributed by atoms with E-state index in [1.54, 1.807) is 38.2 Å². The molecule has 1 aliphatic rings. The Morgan fingerprint density at radius 1 is 1.19 bits per heavy atom. The molecule has 0 saturated carbocycles. The summed E-state index contributed by atoms with van der Waals surface area (Å²) in [5, 5.41) is 25.0. The van der Waals surface area contributed by atoms with Gasteiger partial charge in [0.1, 0.15) is 0 Å². The van der Waals surface area contributed by atoms with E-state index in [-0.39, 0.29) is 6.04 Å². The van der Waals surface area contributed by atoms with Gasteiger partial charge in [0.25, 0.3) is 5.88 Å². The number of rotatable bonds is 6. The summed E-state index contributed by atoms with van der Waals surface area (Å²) < 4.78 is 12.3. The summed E-state index contributed by atoms with van der Waals surface area (Å²) in [5.41, 5.74) is 4.86. The molecule has 9 heteroatoms. The molecule has 0 radical (unpaired) electrons. The van der Waals surface area contributed by atoms with Gasteiger partial charge in [0, 0.05) is 23.5 Å². The van der Waals surface area contributed by atoms with Gasteiger partial charge in [0.05, 0.1) is 56.2 Å². The Labute approximate surface area is 180 Å². The lowest BCUT2D eigenvalue weighted by atomic mass is 10.0. The van der Waals surface area contributed by atoms with Gasteiger partial charge in [-0.25, -0.2) is 4.98 Å². The Kier molecular flexibility index (Phi) is 5.55. The molecule has 3 atom stereocenters. The number of hydrogen-bond donors (Lipinski definition) is 2. The van der Waals surface area contributed by atoms with E-state index in [1.807, 2.05) is 37.1 Å². The maximum atomic E-state index is 11.1. The largest absolute Gasteiger partial charge is 0.491 e. The van der Waals surface area contributed by atoms with Crippen LogP contribution in [0.2, 0.25) is 0 Å². The van der Waals surface area contributed by atoms with Crippen molar-refractivity contribution in [2.24, 2.45) is 0 Å². The quantitative estimate of drug-likeness (QED) is 0.621. The molecule has 4 heterocycles. The fourth-order valence-corrected chi connectivity index (χ4v) is 4.08. The number of aliphatic hydroxyl groups excluding tert-OH is 2. The number of aromatic nitrogens is 4. The van der Waals surface area contributed by atoms with E-state index in [9.17, 15) is 10.2 Å². The lowest BCUT2D eigenvalue weighted by molar-refractivity contribution is 0.168. The van der Waals surface area contributed by atoms with Gasteiger partial charge >= 0.3 is 0 Å². The van der Waals surface area contributed by atoms with Crippen LogP contribution in [0.1, 0.15) is 42.9 Å². The molecule has 4 rings (SSSR count). The molecule has 0 fully saturated rings. The summed E-state index contributed by atoms with van der Waals surface area (Å²) >= 11 is 0. The van der Waals surface area contributed by atoms with E-state index in [0.29, 0.717) is 18.2 Å². The third-order valence-corrected chi connectivity index (χ3v) is 5.53. The Morgan fingerprint density at radius 2 is 1.97 bits per heavy atom. The normalized spacial score (nSPS) is 18.7. The summed E-state index contributed by atoms with van der Waals surface area (Å²) in [6.45, 7) is 6.07. The van der Waals surface area contributed by atoms with Crippen LogP contribution in [0.4, 0.5) is 5.69 Å². The van der Waals surface area contributed by atoms with Crippen LogP contribution in [0.5, 0.6) is 11.6 Å². The highest BCUT2D eigenvalue weighted by molar-refractivity contribution is 5.65. The van der Waals surface area contributed by atoms with Gasteiger partial charge in [-0.2, -0.15) is 5.10 Å². The van der Waals surface area contributed by atoms with E-state index < -0.39 is 12.3 Å². The van der Waals surface area contributed by atoms with E-state index in [4.69, 9.17) is 14.5 Å². The van der Waals surface area contributed by atoms with Crippen molar-refractivity contribution in [2.45, 2.75) is 45.7 Å². The lowest BCUT2D eigenvalue weighted by Crippen LogP contribution is -2.24. The van der Waals surface area contributed by atoms with Crippen LogP contribution in [0.25, 0.3) is 11.3 Å². The minimum absolute atomic E-state index is 0.166. The molecular formula is C22H27N5O4. The summed E-state index contributed by atoms with van der Waals surface area (Å²) in [6, 6.07) is 3.62. The first kappa shape index (κ1) is 21.1. The summed E-state index contributed by atoms with van der Waals surface area (Å²) in [5.74, 6) is 0.938. The van der Waals surface area contributed by atoms with Crippen LogP contribution in [0.3, 0.4) is 0 Å². The van der Waals surface area contributed by atoms with E-state index in [0.717, 1.165) is 33.8 Å². The molecular weight excluding hydrogens is 398 g/mol. The molecule has 3 aromatic rings. The molecule has 0 bridgehead atoms. The van der Waals surface area contributed by atoms with E-state index in [1.165, 1.54) is 0 Å². The Hall–Kier alpha value is -3.17. The van der Waals surface area contributed by atoms with Crippen molar-refractivity contribution < 1.29 is 19.7 Å². The third-order valence-electron chi connectivity index (χ3n) is 5.53. The molecule has 164 valence electrons. The topological polar surface area (TPSA) is 106 Å². The number of anilines is 1. The number of methoxy groups -OCH3 is 2. The molecule has 2 N–H and O–H groups in total. The highest BCUT2D eigenvalue weighted by atomic mass is 16.5. The van der Waals surface area contributed by atoms with Crippen LogP contribution in [-0.2, 0) is 6.54 Å². The minimum atomic E-state index is -0.834. The second kappa shape index (κ2) is 8.16. The highest BCUT2D eigenvalue weighted by Crippen LogP contribution is 2.45. The number of pyridine rings is 2. The Balaban J connectivity index is 1.71. The predicted octanol–water partition coefficient (Wildman–Crippen LogP) is 2.62. The van der Waals surface area contributed by atoms with Crippen LogP contribution < -0.4 is 14.4 Å². The molecule has 0 aliphatic carbocycles. The highest BCUT2D eigenvalue weighted by Gasteiger charge is 2.38. The average Bonchev–Trinajstić information content (AvgIpc) is 3.28. The first-order valence-corrected chi connectivity index (χ1v) is 10.1. The van der Waals surface area contributed by atoms with Crippen molar-refractivity contribution in [3.63, 3.8) is 0 Å². The number of fused-ring (bicyclic) bond motifs is 1. The van der Waals surface area contributed by atoms with Gasteiger partial charge in [-0.1, -0.05) is 0 Å². The standard InChI is InChI=1S/C22H27N5O4/c1-12-6-17(15-7-18(30-4)21(31-5)23-8-15)25-20-14(3)27(22(29)19(12)20)16-9-24-26(11-16)10-13(2)28/h6-9,11,13-14,22,28-29H,10H2,1-5H3/t13-,14-,22?/m1/s1. The van der Waals surface area contributed by atoms with Crippen molar-refractivity contribution in [1.29, 1.82) is 0 Å². The number of nitrogens with zero attached hydrogens (tertiary/aromatic N) is 5. The lowest BCUT2D eigenvalue weighted by Gasteiger charge is -2.25. The third kappa shape index (κ3) is 3.70. The predicted molar refractivity (Wildman–Crippen MR) is 115 cm³/mol. The summed E-state index contributed by atoms with van der Waals surface area (Å²) in [7, 11) is 3.11. The first-order valence-electron chi connectivity index (χ1n) is 10.1. The van der Waals surface area contributed by atoms with Crippen molar-refractivity contribution >= 4 is 5.69 Å². The van der Waals surface area contributed by atoms with Crippen LogP contribution >= 0.6 is 0 Å². The second-order valence-electron chi connectivity index (χ2n) is 7.79. The molecule has 1 unspecified atom stereocenters. The molecule has 0 spiro atoms. The zero-order valence-corrected chi connectivity index (χ0v) is 18.3. The fraction of sp³-hybridized carbons (Fsp3) is 0.409. The molecule has 0 amide bonds. The number of aliphatic hydroxyl groups is 2. The van der Waals surface area contributed by atoms with Gasteiger partial charge in [-0.3, -0.25) is 9.67 Å². The van der Waals surface area contributed by atoms with Crippen molar-refractivity contribution in [3.05, 3.63) is 47.5 Å². The van der Waals surface area contributed by atoms with Gasteiger partial charge in [-0.15, -0.1) is 0 Å². The molecule has 1 aliphatic heterocycles. The van der Waals surface area contributed by atoms with Gasteiger partial charge in [-0.05, 0) is 38.5 Å². The molecule has 0 aromatic carbocycles. The van der Waals surface area contributed by atoms with Crippen molar-refractivity contribution in [3.8, 4) is 22.9 Å². The molecule has 31 heavy (non-hydrogen) atoms. The molecule has 9 nitrogen and oxygen atoms in total.